The second-order valence-electron chi connectivity index (χ2n) is 8.73. The predicted molar refractivity (Wildman–Crippen MR) is 108 cm³/mol. The molecule has 1 aromatic rings. The molecule has 1 atom stereocenters. The molecule has 3 aliphatic rings. The number of piperidine rings is 2. The molecule has 3 aliphatic heterocycles. The Bertz CT molecular complexity index is 761. The maximum Gasteiger partial charge on any atom is 0.322 e. The molecule has 1 spiro atoms. The fourth-order valence-corrected chi connectivity index (χ4v) is 5.09. The second kappa shape index (κ2) is 7.37. The van der Waals surface area contributed by atoms with Gasteiger partial charge in [0.1, 0.15) is 0 Å². The predicted octanol–water partition coefficient (Wildman–Crippen LogP) is 1.44. The molecule has 3 heterocycles. The molecule has 0 aliphatic carbocycles. The molecule has 0 radical (unpaired) electrons. The van der Waals surface area contributed by atoms with E-state index in [0.717, 1.165) is 43.6 Å². The van der Waals surface area contributed by atoms with Gasteiger partial charge in [0.25, 0.3) is 5.91 Å². The highest BCUT2D eigenvalue weighted by Crippen LogP contribution is 2.40. The first-order valence-corrected chi connectivity index (χ1v) is 10.2. The van der Waals surface area contributed by atoms with Gasteiger partial charge in [-0.15, -0.1) is 0 Å². The van der Waals surface area contributed by atoms with Gasteiger partial charge in [0.05, 0.1) is 6.10 Å². The van der Waals surface area contributed by atoms with Gasteiger partial charge in [0.15, 0.2) is 0 Å². The summed E-state index contributed by atoms with van der Waals surface area (Å²) in [5.41, 5.74) is 2.56. The third-order valence-corrected chi connectivity index (χ3v) is 6.51. The third-order valence-electron chi connectivity index (χ3n) is 6.51. The van der Waals surface area contributed by atoms with Crippen LogP contribution < -0.4 is 10.2 Å². The monoisotopic (exact) mass is 386 g/mol. The van der Waals surface area contributed by atoms with Crippen LogP contribution in [0.5, 0.6) is 0 Å². The molecule has 2 N–H and O–H groups in total. The van der Waals surface area contributed by atoms with Crippen molar-refractivity contribution in [2.45, 2.75) is 32.3 Å². The molecule has 3 amide bonds. The number of likely N-dealkylation sites (N-methyl/N-ethyl adjacent to an activating group) is 1. The van der Waals surface area contributed by atoms with Crippen LogP contribution in [0.4, 0.5) is 10.5 Å². The fourth-order valence-electron chi connectivity index (χ4n) is 5.09. The van der Waals surface area contributed by atoms with E-state index in [1.807, 2.05) is 30.0 Å². The number of rotatable bonds is 2. The van der Waals surface area contributed by atoms with E-state index < -0.39 is 0 Å². The van der Waals surface area contributed by atoms with Crippen LogP contribution in [0.2, 0.25) is 0 Å². The Morgan fingerprint density at radius 2 is 2.00 bits per heavy atom. The molecule has 7 heteroatoms. The molecule has 1 unspecified atom stereocenters. The first-order valence-electron chi connectivity index (χ1n) is 10.2. The molecular formula is C21H30N4O3. The Morgan fingerprint density at radius 3 is 2.64 bits per heavy atom. The highest BCUT2D eigenvalue weighted by molar-refractivity contribution is 5.99. The maximum absolute atomic E-state index is 13.1. The van der Waals surface area contributed by atoms with Crippen molar-refractivity contribution in [3.63, 3.8) is 0 Å². The number of benzene rings is 1. The number of aryl methyl sites for hydroxylation is 1. The van der Waals surface area contributed by atoms with Gasteiger partial charge in [-0.05, 0) is 56.3 Å². The lowest BCUT2D eigenvalue weighted by Gasteiger charge is -2.48. The lowest BCUT2D eigenvalue weighted by Crippen LogP contribution is -2.53. The molecule has 3 fully saturated rings. The average molecular weight is 386 g/mol. The van der Waals surface area contributed by atoms with Gasteiger partial charge >= 0.3 is 6.03 Å². The topological polar surface area (TPSA) is 76.1 Å². The van der Waals surface area contributed by atoms with E-state index in [-0.39, 0.29) is 23.5 Å². The minimum absolute atomic E-state index is 0.0282. The zero-order chi connectivity index (χ0) is 19.9. The molecule has 4 rings (SSSR count). The van der Waals surface area contributed by atoms with Crippen molar-refractivity contribution >= 4 is 17.6 Å². The highest BCUT2D eigenvalue weighted by atomic mass is 16.3. The number of carbonyl (C=O) groups is 2. The van der Waals surface area contributed by atoms with E-state index in [9.17, 15) is 14.7 Å². The van der Waals surface area contributed by atoms with E-state index in [1.165, 1.54) is 0 Å². The van der Waals surface area contributed by atoms with Crippen LogP contribution in [0, 0.1) is 12.3 Å². The van der Waals surface area contributed by atoms with E-state index in [4.69, 9.17) is 0 Å². The summed E-state index contributed by atoms with van der Waals surface area (Å²) in [6.45, 7) is 6.38. The van der Waals surface area contributed by atoms with Gasteiger partial charge < -0.3 is 20.2 Å². The Morgan fingerprint density at radius 1 is 1.25 bits per heavy atom. The van der Waals surface area contributed by atoms with Gasteiger partial charge in [0, 0.05) is 50.5 Å². The van der Waals surface area contributed by atoms with Crippen LogP contribution in [0.15, 0.2) is 18.2 Å². The molecule has 152 valence electrons. The number of aliphatic hydroxyl groups is 1. The zero-order valence-corrected chi connectivity index (χ0v) is 16.8. The molecule has 3 saturated heterocycles. The van der Waals surface area contributed by atoms with Crippen molar-refractivity contribution < 1.29 is 14.7 Å². The number of urea groups is 1. The zero-order valence-electron chi connectivity index (χ0n) is 16.8. The smallest absolute Gasteiger partial charge is 0.322 e. The normalized spacial score (nSPS) is 25.2. The largest absolute Gasteiger partial charge is 0.392 e. The van der Waals surface area contributed by atoms with Crippen LogP contribution in [0.25, 0.3) is 0 Å². The van der Waals surface area contributed by atoms with Crippen LogP contribution >= 0.6 is 0 Å². The lowest BCUT2D eigenvalue weighted by atomic mass is 9.71. The fraction of sp³-hybridized carbons (Fsp3) is 0.619. The van der Waals surface area contributed by atoms with Crippen molar-refractivity contribution in [3.8, 4) is 0 Å². The Hall–Kier alpha value is -2.12. The molecule has 28 heavy (non-hydrogen) atoms. The molecular weight excluding hydrogens is 356 g/mol. The number of amides is 3. The Labute approximate surface area is 166 Å². The average Bonchev–Trinajstić information content (AvgIpc) is 3.07. The van der Waals surface area contributed by atoms with Gasteiger partial charge in [0.2, 0.25) is 0 Å². The first-order chi connectivity index (χ1) is 13.4. The van der Waals surface area contributed by atoms with Gasteiger partial charge in [-0.2, -0.15) is 0 Å². The molecule has 0 saturated carbocycles. The Balaban J connectivity index is 1.46. The summed E-state index contributed by atoms with van der Waals surface area (Å²) in [4.78, 5) is 31.0. The highest BCUT2D eigenvalue weighted by Gasteiger charge is 2.41. The molecule has 7 nitrogen and oxygen atoms in total. The SMILES string of the molecule is Cc1ccc(C(=O)N2CCC3(CC2)CC(O)CN(C)C3)cc1N1CCNC1=O. The summed E-state index contributed by atoms with van der Waals surface area (Å²) in [6.07, 6.45) is 2.41. The van der Waals surface area contributed by atoms with E-state index in [1.54, 1.807) is 4.90 Å². The number of hydrogen-bond donors (Lipinski definition) is 2. The minimum Gasteiger partial charge on any atom is -0.392 e. The standard InChI is InChI=1S/C21H30N4O3/c1-15-3-4-16(11-18(15)25-10-7-22-20(25)28)19(27)24-8-5-21(6-9-24)12-17(26)13-23(2)14-21/h3-4,11,17,26H,5-10,12-14H2,1-2H3,(H,22,28). The van der Waals surface area contributed by atoms with Crippen LogP contribution in [-0.2, 0) is 0 Å². The number of likely N-dealkylation sites (tertiary alicyclic amines) is 2. The number of carbonyl (C=O) groups excluding carboxylic acids is 2. The lowest BCUT2D eigenvalue weighted by molar-refractivity contribution is -0.0286. The summed E-state index contributed by atoms with van der Waals surface area (Å²) in [5.74, 6) is 0.0282. The maximum atomic E-state index is 13.1. The summed E-state index contributed by atoms with van der Waals surface area (Å²) in [7, 11) is 2.06. The third kappa shape index (κ3) is 3.61. The van der Waals surface area contributed by atoms with Crippen molar-refractivity contribution in [2.75, 3.05) is 51.2 Å². The summed E-state index contributed by atoms with van der Waals surface area (Å²) < 4.78 is 0. The van der Waals surface area contributed by atoms with E-state index in [0.29, 0.717) is 31.7 Å². The van der Waals surface area contributed by atoms with Gasteiger partial charge in [-0.3, -0.25) is 9.69 Å². The number of nitrogens with zero attached hydrogens (tertiary/aromatic N) is 3. The number of hydrogen-bond acceptors (Lipinski definition) is 4. The van der Waals surface area contributed by atoms with Gasteiger partial charge in [-0.25, -0.2) is 4.79 Å². The van der Waals surface area contributed by atoms with Crippen molar-refractivity contribution in [2.24, 2.45) is 5.41 Å². The van der Waals surface area contributed by atoms with Crippen molar-refractivity contribution in [3.05, 3.63) is 29.3 Å². The van der Waals surface area contributed by atoms with Gasteiger partial charge in [-0.1, -0.05) is 6.07 Å². The number of β-amino-alcohol motifs (C(OH)–C–C–N with tert-alkyl or cyclic N) is 1. The number of aliphatic hydroxyl groups excluding tert-OH is 1. The summed E-state index contributed by atoms with van der Waals surface area (Å²) in [5, 5.41) is 13.0. The quantitative estimate of drug-likeness (QED) is 0.807. The molecule has 0 bridgehead atoms. The summed E-state index contributed by atoms with van der Waals surface area (Å²) in [6, 6.07) is 5.53. The molecule has 0 aromatic heterocycles. The van der Waals surface area contributed by atoms with Crippen LogP contribution in [0.3, 0.4) is 0 Å². The van der Waals surface area contributed by atoms with E-state index in [2.05, 4.69) is 17.3 Å². The minimum atomic E-state index is -0.271. The number of nitrogens with one attached hydrogen (secondary N) is 1. The second-order valence-corrected chi connectivity index (χ2v) is 8.73. The molecule has 1 aromatic carbocycles. The van der Waals surface area contributed by atoms with Crippen molar-refractivity contribution in [1.29, 1.82) is 0 Å². The first kappa shape index (κ1) is 19.2. The van der Waals surface area contributed by atoms with E-state index >= 15 is 0 Å². The Kier molecular flexibility index (Phi) is 5.05. The number of anilines is 1. The summed E-state index contributed by atoms with van der Waals surface area (Å²) >= 11 is 0. The van der Waals surface area contributed by atoms with Crippen LogP contribution in [0.1, 0.15) is 35.2 Å². The van der Waals surface area contributed by atoms with Crippen LogP contribution in [-0.4, -0.2) is 79.3 Å². The van der Waals surface area contributed by atoms with Crippen molar-refractivity contribution in [1.82, 2.24) is 15.1 Å².